The van der Waals surface area contributed by atoms with Crippen LogP contribution in [0.2, 0.25) is 0 Å². The van der Waals surface area contributed by atoms with E-state index >= 15 is 0 Å². The Labute approximate surface area is 371 Å². The van der Waals surface area contributed by atoms with Gasteiger partial charge in [0, 0.05) is 35.0 Å². The van der Waals surface area contributed by atoms with E-state index in [9.17, 15) is 0 Å². The van der Waals surface area contributed by atoms with Crippen LogP contribution in [-0.2, 0) is 11.8 Å². The van der Waals surface area contributed by atoms with E-state index in [0.29, 0.717) is 0 Å². The number of allylic oxidation sites excluding steroid dienone is 8. The fourth-order valence-electron chi connectivity index (χ4n) is 11.1. The highest BCUT2D eigenvalue weighted by molar-refractivity contribution is 5.93. The summed E-state index contributed by atoms with van der Waals surface area (Å²) in [6.45, 7) is 1.05. The van der Waals surface area contributed by atoms with Gasteiger partial charge in [-0.3, -0.25) is 0 Å². The van der Waals surface area contributed by atoms with Crippen molar-refractivity contribution in [1.82, 2.24) is 0 Å². The molecule has 0 saturated carbocycles. The Morgan fingerprint density at radius 3 is 1.92 bits per heavy atom. The molecule has 1 atom stereocenters. The molecule has 0 aromatic heterocycles. The minimum absolute atomic E-state index is 0.397. The summed E-state index contributed by atoms with van der Waals surface area (Å²) < 4.78 is 0. The molecule has 0 amide bonds. The van der Waals surface area contributed by atoms with Crippen LogP contribution in [0.1, 0.15) is 53.5 Å². The lowest BCUT2D eigenvalue weighted by Gasteiger charge is -2.37. The molecule has 3 aliphatic carbocycles. The zero-order valence-corrected chi connectivity index (χ0v) is 35.4. The molecule has 0 N–H and O–H groups in total. The lowest BCUT2D eigenvalue weighted by Crippen LogP contribution is -2.30. The molecule has 0 spiro atoms. The largest absolute Gasteiger partial charge is 0.345 e. The van der Waals surface area contributed by atoms with Gasteiger partial charge in [-0.25, -0.2) is 0 Å². The van der Waals surface area contributed by atoms with E-state index in [-0.39, 0.29) is 0 Å². The highest BCUT2D eigenvalue weighted by Crippen LogP contribution is 2.58. The summed E-state index contributed by atoms with van der Waals surface area (Å²) in [7, 11) is 0. The first-order chi connectivity index (χ1) is 31.2. The Kier molecular flexibility index (Phi) is 9.18. The van der Waals surface area contributed by atoms with Crippen LogP contribution in [-0.4, -0.2) is 6.54 Å². The van der Waals surface area contributed by atoms with E-state index in [1.54, 1.807) is 0 Å². The van der Waals surface area contributed by atoms with Crippen LogP contribution in [0.5, 0.6) is 0 Å². The lowest BCUT2D eigenvalue weighted by molar-refractivity contribution is 0.693. The molecule has 0 fully saturated rings. The van der Waals surface area contributed by atoms with Gasteiger partial charge in [-0.15, -0.1) is 0 Å². The quantitative estimate of drug-likeness (QED) is 0.151. The zero-order valence-electron chi connectivity index (χ0n) is 35.4. The van der Waals surface area contributed by atoms with Crippen molar-refractivity contribution in [2.45, 2.75) is 37.5 Å². The fraction of sp³-hybridized carbons (Fsp3) is 0.115. The molecule has 2 nitrogen and oxygen atoms in total. The summed E-state index contributed by atoms with van der Waals surface area (Å²) in [5.74, 6) is 0. The van der Waals surface area contributed by atoms with Gasteiger partial charge in [-0.1, -0.05) is 175 Å². The first-order valence-corrected chi connectivity index (χ1v) is 22.6. The SMILES string of the molecule is C1=CCCC(C2(c3ccccc3)c3ccccc3-c3ccc(N(c4ccc(C5=CC=C(N6CCc7c6ccc6ccccc76)CC5)cc4)c4ccc(-c5ccccc5)cc4)cc32)=C1. The number of rotatable bonds is 8. The van der Waals surface area contributed by atoms with Crippen LogP contribution >= 0.6 is 0 Å². The minimum Gasteiger partial charge on any atom is -0.345 e. The maximum Gasteiger partial charge on any atom is 0.0677 e. The number of hydrogen-bond acceptors (Lipinski definition) is 2. The third-order valence-electron chi connectivity index (χ3n) is 14.1. The molecule has 12 rings (SSSR count). The monoisotopic (exact) mass is 808 g/mol. The minimum atomic E-state index is -0.397. The predicted octanol–water partition coefficient (Wildman–Crippen LogP) is 15.7. The second-order valence-electron chi connectivity index (χ2n) is 17.4. The maximum absolute atomic E-state index is 2.56. The molecule has 63 heavy (non-hydrogen) atoms. The average molecular weight is 809 g/mol. The third-order valence-corrected chi connectivity index (χ3v) is 14.1. The number of hydrogen-bond donors (Lipinski definition) is 0. The molecule has 4 aliphatic rings. The van der Waals surface area contributed by atoms with E-state index in [0.717, 1.165) is 55.7 Å². The van der Waals surface area contributed by atoms with Crippen LogP contribution < -0.4 is 9.80 Å². The topological polar surface area (TPSA) is 6.48 Å². The van der Waals surface area contributed by atoms with Crippen molar-refractivity contribution in [2.24, 2.45) is 0 Å². The lowest BCUT2D eigenvalue weighted by atomic mass is 9.65. The maximum atomic E-state index is 2.56. The van der Waals surface area contributed by atoms with Gasteiger partial charge in [0.15, 0.2) is 0 Å². The van der Waals surface area contributed by atoms with Crippen molar-refractivity contribution in [3.63, 3.8) is 0 Å². The van der Waals surface area contributed by atoms with Gasteiger partial charge in [-0.2, -0.15) is 0 Å². The average Bonchev–Trinajstić information content (AvgIpc) is 3.94. The Morgan fingerprint density at radius 1 is 0.476 bits per heavy atom. The Hall–Kier alpha value is -7.42. The fourth-order valence-corrected chi connectivity index (χ4v) is 11.1. The first-order valence-electron chi connectivity index (χ1n) is 22.6. The van der Waals surface area contributed by atoms with Gasteiger partial charge in [0.25, 0.3) is 0 Å². The van der Waals surface area contributed by atoms with E-state index in [4.69, 9.17) is 0 Å². The van der Waals surface area contributed by atoms with Gasteiger partial charge >= 0.3 is 0 Å². The molecular formula is C61H48N2. The van der Waals surface area contributed by atoms with Gasteiger partial charge in [0.05, 0.1) is 5.41 Å². The number of anilines is 4. The van der Waals surface area contributed by atoms with Crippen molar-refractivity contribution in [3.8, 4) is 22.3 Å². The highest BCUT2D eigenvalue weighted by Gasteiger charge is 2.47. The number of fused-ring (bicyclic) bond motifs is 6. The molecule has 2 heteroatoms. The summed E-state index contributed by atoms with van der Waals surface area (Å²) in [5.41, 5.74) is 20.5. The van der Waals surface area contributed by atoms with Gasteiger partial charge in [-0.05, 0) is 147 Å². The Bertz CT molecular complexity index is 3150. The Balaban J connectivity index is 0.943. The summed E-state index contributed by atoms with van der Waals surface area (Å²) in [4.78, 5) is 5.01. The van der Waals surface area contributed by atoms with Crippen molar-refractivity contribution in [1.29, 1.82) is 0 Å². The molecule has 1 heterocycles. The van der Waals surface area contributed by atoms with Crippen LogP contribution in [0.4, 0.5) is 22.7 Å². The summed E-state index contributed by atoms with van der Waals surface area (Å²) in [6.07, 6.45) is 16.9. The second-order valence-corrected chi connectivity index (χ2v) is 17.4. The zero-order chi connectivity index (χ0) is 41.7. The van der Waals surface area contributed by atoms with E-state index < -0.39 is 5.41 Å². The van der Waals surface area contributed by atoms with E-state index in [1.807, 2.05) is 0 Å². The molecule has 0 radical (unpaired) electrons. The summed E-state index contributed by atoms with van der Waals surface area (Å²) in [5, 5.41) is 2.73. The van der Waals surface area contributed by atoms with Crippen LogP contribution in [0, 0.1) is 0 Å². The molecule has 0 bridgehead atoms. The molecular weight excluding hydrogens is 761 g/mol. The van der Waals surface area contributed by atoms with Crippen molar-refractivity contribution in [2.75, 3.05) is 16.3 Å². The van der Waals surface area contributed by atoms with Gasteiger partial charge in [0.1, 0.15) is 0 Å². The van der Waals surface area contributed by atoms with Gasteiger partial charge in [0.2, 0.25) is 0 Å². The van der Waals surface area contributed by atoms with E-state index in [2.05, 4.69) is 228 Å². The summed E-state index contributed by atoms with van der Waals surface area (Å²) in [6, 6.07) is 70.0. The second kappa shape index (κ2) is 15.5. The molecule has 1 aliphatic heterocycles. The normalized spacial score (nSPS) is 17.4. The van der Waals surface area contributed by atoms with Crippen LogP contribution in [0.3, 0.4) is 0 Å². The molecule has 8 aromatic rings. The molecule has 1 unspecified atom stereocenters. The first kappa shape index (κ1) is 37.4. The highest BCUT2D eigenvalue weighted by atomic mass is 15.2. The van der Waals surface area contributed by atoms with Crippen molar-refractivity contribution < 1.29 is 0 Å². The standard InChI is InChI=1S/C61H48N2/c1-4-14-43(15-5-1)44-26-33-51(34-27-44)63(52-35-28-46(29-36-52)45-24-31-50(32-25-45)62-41-40-57-54-21-11-10-16-47(54)30-39-60(57)62)53-37-38-56-55-22-12-13-23-58(55)61(59(56)42-53,48-17-6-2-7-18-48)49-19-8-3-9-20-49/h1-8,10-19,21-24,26-31,33-39,42H,9,20,25,32,40-41H2. The molecule has 302 valence electrons. The third kappa shape index (κ3) is 6.23. The summed E-state index contributed by atoms with van der Waals surface area (Å²) >= 11 is 0. The number of benzene rings is 8. The smallest absolute Gasteiger partial charge is 0.0677 e. The number of nitrogens with zero attached hydrogens (tertiary/aromatic N) is 2. The van der Waals surface area contributed by atoms with Crippen LogP contribution in [0.15, 0.2) is 230 Å². The molecule has 0 saturated heterocycles. The van der Waals surface area contributed by atoms with Crippen LogP contribution in [0.25, 0.3) is 38.6 Å². The predicted molar refractivity (Wildman–Crippen MR) is 265 cm³/mol. The van der Waals surface area contributed by atoms with Crippen molar-refractivity contribution in [3.05, 3.63) is 258 Å². The van der Waals surface area contributed by atoms with Gasteiger partial charge < -0.3 is 9.80 Å². The van der Waals surface area contributed by atoms with Crippen molar-refractivity contribution >= 4 is 39.1 Å². The van der Waals surface area contributed by atoms with E-state index in [1.165, 1.54) is 83.4 Å². The Morgan fingerprint density at radius 2 is 1.16 bits per heavy atom. The molecule has 8 aromatic carbocycles.